The van der Waals surface area contributed by atoms with E-state index < -0.39 is 0 Å². The van der Waals surface area contributed by atoms with Crippen LogP contribution in [0.15, 0.2) is 12.1 Å². The summed E-state index contributed by atoms with van der Waals surface area (Å²) in [4.78, 5) is 0. The molecule has 0 spiro atoms. The molecular weight excluding hydrogens is 202 g/mol. The second-order valence-electron chi connectivity index (χ2n) is 5.00. The van der Waals surface area contributed by atoms with Crippen LogP contribution in [0.25, 0.3) is 0 Å². The van der Waals surface area contributed by atoms with Gasteiger partial charge in [0.25, 0.3) is 0 Å². The first-order valence-corrected chi connectivity index (χ1v) is 5.67. The van der Waals surface area contributed by atoms with Crippen molar-refractivity contribution in [1.82, 2.24) is 0 Å². The number of nitrogens with two attached hydrogens (primary N) is 1. The molecule has 16 heavy (non-hydrogen) atoms. The highest BCUT2D eigenvalue weighted by Gasteiger charge is 2.45. The molecule has 0 saturated heterocycles. The van der Waals surface area contributed by atoms with Crippen molar-refractivity contribution < 1.29 is 10.2 Å². The molecule has 0 amide bonds. The maximum Gasteiger partial charge on any atom is 0.119 e. The van der Waals surface area contributed by atoms with Crippen LogP contribution in [0.5, 0.6) is 5.75 Å². The predicted octanol–water partition coefficient (Wildman–Crippen LogP) is 1.36. The number of hydrogen-bond donors (Lipinski definition) is 3. The number of aryl methyl sites for hydroxylation is 2. The summed E-state index contributed by atoms with van der Waals surface area (Å²) in [6, 6.07) is 3.79. The Bertz CT molecular complexity index is 409. The summed E-state index contributed by atoms with van der Waals surface area (Å²) in [6.45, 7) is 4.47. The average molecular weight is 221 g/mol. The molecule has 1 aliphatic carbocycles. The molecule has 4 N–H and O–H groups in total. The van der Waals surface area contributed by atoms with Crippen LogP contribution < -0.4 is 5.73 Å². The number of aliphatic hydroxyl groups is 1. The fourth-order valence-corrected chi connectivity index (χ4v) is 2.56. The van der Waals surface area contributed by atoms with E-state index in [1.165, 1.54) is 0 Å². The zero-order valence-corrected chi connectivity index (χ0v) is 9.83. The third-order valence-electron chi connectivity index (χ3n) is 3.83. The van der Waals surface area contributed by atoms with E-state index in [4.69, 9.17) is 5.73 Å². The van der Waals surface area contributed by atoms with Crippen molar-refractivity contribution in [3.63, 3.8) is 0 Å². The summed E-state index contributed by atoms with van der Waals surface area (Å²) in [5.41, 5.74) is 8.70. The van der Waals surface area contributed by atoms with Gasteiger partial charge in [0.2, 0.25) is 0 Å². The van der Waals surface area contributed by atoms with Crippen LogP contribution in [0, 0.1) is 13.8 Å². The van der Waals surface area contributed by atoms with E-state index in [9.17, 15) is 10.2 Å². The van der Waals surface area contributed by atoms with Crippen molar-refractivity contribution in [2.45, 2.75) is 38.2 Å². The molecule has 1 aromatic carbocycles. The summed E-state index contributed by atoms with van der Waals surface area (Å²) in [7, 11) is 0. The van der Waals surface area contributed by atoms with Crippen LogP contribution in [0.2, 0.25) is 0 Å². The number of aliphatic hydroxyl groups excluding tert-OH is 1. The third-order valence-corrected chi connectivity index (χ3v) is 3.83. The number of benzene rings is 1. The van der Waals surface area contributed by atoms with E-state index in [0.29, 0.717) is 25.1 Å². The summed E-state index contributed by atoms with van der Waals surface area (Å²) in [5, 5.41) is 19.5. The monoisotopic (exact) mass is 221 g/mol. The Kier molecular flexibility index (Phi) is 2.68. The molecule has 1 saturated carbocycles. The standard InChI is InChI=1S/C13H19NO2/c1-8-3-11(12(16)4-9(8)2)13(7-14)5-10(15)6-13/h3-4,10,15-16H,5-7,14H2,1-2H3. The number of phenolic OH excluding ortho intramolecular Hbond substituents is 1. The molecular formula is C13H19NO2. The predicted molar refractivity (Wildman–Crippen MR) is 63.6 cm³/mol. The van der Waals surface area contributed by atoms with Gasteiger partial charge in [0.05, 0.1) is 6.10 Å². The number of aromatic hydroxyl groups is 1. The lowest BCUT2D eigenvalue weighted by molar-refractivity contribution is 0.0211. The fraction of sp³-hybridized carbons (Fsp3) is 0.538. The van der Waals surface area contributed by atoms with Crippen molar-refractivity contribution in [2.24, 2.45) is 5.73 Å². The van der Waals surface area contributed by atoms with Crippen molar-refractivity contribution in [3.8, 4) is 5.75 Å². The highest BCUT2D eigenvalue weighted by atomic mass is 16.3. The largest absolute Gasteiger partial charge is 0.508 e. The van der Waals surface area contributed by atoms with Gasteiger partial charge in [-0.3, -0.25) is 0 Å². The van der Waals surface area contributed by atoms with Gasteiger partial charge in [-0.25, -0.2) is 0 Å². The van der Waals surface area contributed by atoms with Gasteiger partial charge in [-0.2, -0.15) is 0 Å². The summed E-state index contributed by atoms with van der Waals surface area (Å²) < 4.78 is 0. The van der Waals surface area contributed by atoms with Crippen molar-refractivity contribution in [3.05, 3.63) is 28.8 Å². The van der Waals surface area contributed by atoms with Crippen LogP contribution in [0.1, 0.15) is 29.5 Å². The van der Waals surface area contributed by atoms with Gasteiger partial charge in [0.1, 0.15) is 5.75 Å². The summed E-state index contributed by atoms with van der Waals surface area (Å²) in [5.74, 6) is 0.306. The first-order chi connectivity index (χ1) is 7.48. The van der Waals surface area contributed by atoms with E-state index >= 15 is 0 Å². The number of rotatable bonds is 2. The molecule has 1 aromatic rings. The van der Waals surface area contributed by atoms with Crippen LogP contribution in [0.4, 0.5) is 0 Å². The molecule has 1 aliphatic rings. The molecule has 0 unspecified atom stereocenters. The minimum absolute atomic E-state index is 0.220. The van der Waals surface area contributed by atoms with Crippen LogP contribution in [-0.4, -0.2) is 22.9 Å². The maximum atomic E-state index is 10.00. The molecule has 88 valence electrons. The average Bonchev–Trinajstić information content (AvgIpc) is 2.19. The molecule has 1 fully saturated rings. The zero-order valence-electron chi connectivity index (χ0n) is 9.83. The van der Waals surface area contributed by atoms with Crippen LogP contribution in [0.3, 0.4) is 0 Å². The molecule has 3 heteroatoms. The third kappa shape index (κ3) is 1.60. The summed E-state index contributed by atoms with van der Waals surface area (Å²) in [6.07, 6.45) is 1.03. The van der Waals surface area contributed by atoms with Gasteiger partial charge in [-0.05, 0) is 43.9 Å². The fourth-order valence-electron chi connectivity index (χ4n) is 2.56. The van der Waals surface area contributed by atoms with Gasteiger partial charge < -0.3 is 15.9 Å². The van der Waals surface area contributed by atoms with E-state index in [0.717, 1.165) is 16.7 Å². The van der Waals surface area contributed by atoms with E-state index in [2.05, 4.69) is 0 Å². The second kappa shape index (κ2) is 3.75. The molecule has 2 rings (SSSR count). The Morgan fingerprint density at radius 3 is 2.38 bits per heavy atom. The molecule has 0 aliphatic heterocycles. The SMILES string of the molecule is Cc1cc(O)c(C2(CN)CC(O)C2)cc1C. The lowest BCUT2D eigenvalue weighted by Crippen LogP contribution is -2.49. The maximum absolute atomic E-state index is 10.00. The smallest absolute Gasteiger partial charge is 0.119 e. The highest BCUT2D eigenvalue weighted by Crippen LogP contribution is 2.46. The van der Waals surface area contributed by atoms with Crippen molar-refractivity contribution in [2.75, 3.05) is 6.54 Å². The second-order valence-corrected chi connectivity index (χ2v) is 5.00. The van der Waals surface area contributed by atoms with Crippen molar-refractivity contribution in [1.29, 1.82) is 0 Å². The molecule has 3 nitrogen and oxygen atoms in total. The normalized spacial score (nSPS) is 28.9. The highest BCUT2D eigenvalue weighted by molar-refractivity contribution is 5.46. The van der Waals surface area contributed by atoms with Crippen LogP contribution >= 0.6 is 0 Å². The van der Waals surface area contributed by atoms with Gasteiger partial charge in [0, 0.05) is 17.5 Å². The first-order valence-electron chi connectivity index (χ1n) is 5.67. The van der Waals surface area contributed by atoms with Gasteiger partial charge in [-0.15, -0.1) is 0 Å². The van der Waals surface area contributed by atoms with Gasteiger partial charge >= 0.3 is 0 Å². The van der Waals surface area contributed by atoms with E-state index in [1.807, 2.05) is 19.9 Å². The number of hydrogen-bond acceptors (Lipinski definition) is 3. The van der Waals surface area contributed by atoms with E-state index in [1.54, 1.807) is 6.07 Å². The molecule has 0 heterocycles. The Morgan fingerprint density at radius 1 is 1.31 bits per heavy atom. The quantitative estimate of drug-likeness (QED) is 0.706. The molecule has 0 bridgehead atoms. The summed E-state index contributed by atoms with van der Waals surface area (Å²) >= 11 is 0. The minimum atomic E-state index is -0.274. The minimum Gasteiger partial charge on any atom is -0.508 e. The Labute approximate surface area is 95.9 Å². The first kappa shape index (κ1) is 11.4. The zero-order chi connectivity index (χ0) is 11.9. The van der Waals surface area contributed by atoms with E-state index in [-0.39, 0.29) is 11.5 Å². The Morgan fingerprint density at radius 2 is 1.88 bits per heavy atom. The lowest BCUT2D eigenvalue weighted by atomic mass is 9.62. The van der Waals surface area contributed by atoms with Crippen LogP contribution in [-0.2, 0) is 5.41 Å². The Balaban J connectivity index is 2.43. The molecule has 0 aromatic heterocycles. The topological polar surface area (TPSA) is 66.5 Å². The lowest BCUT2D eigenvalue weighted by Gasteiger charge is -2.45. The van der Waals surface area contributed by atoms with Gasteiger partial charge in [0.15, 0.2) is 0 Å². The Hall–Kier alpha value is -1.06. The van der Waals surface area contributed by atoms with Crippen molar-refractivity contribution >= 4 is 0 Å². The molecule has 0 atom stereocenters. The molecule has 0 radical (unpaired) electrons. The van der Waals surface area contributed by atoms with Gasteiger partial charge in [-0.1, -0.05) is 6.07 Å². The number of phenols is 1.